The van der Waals surface area contributed by atoms with Gasteiger partial charge < -0.3 is 35.1 Å². The van der Waals surface area contributed by atoms with Gasteiger partial charge in [-0.05, 0) is 60.2 Å². The molecule has 0 saturated carbocycles. The van der Waals surface area contributed by atoms with Crippen LogP contribution in [0.3, 0.4) is 0 Å². The molecule has 0 fully saturated rings. The number of halogens is 2. The number of amidine groups is 1. The number of hydrogen-bond donors (Lipinski definition) is 4. The van der Waals surface area contributed by atoms with Gasteiger partial charge in [0.05, 0.1) is 0 Å². The van der Waals surface area contributed by atoms with Crippen molar-refractivity contribution in [1.82, 2.24) is 9.88 Å². The summed E-state index contributed by atoms with van der Waals surface area (Å²) >= 11 is 0. The second-order valence-electron chi connectivity index (χ2n) is 9.05. The lowest BCUT2D eigenvalue weighted by Gasteiger charge is -2.16. The van der Waals surface area contributed by atoms with E-state index in [2.05, 4.69) is 4.98 Å². The predicted molar refractivity (Wildman–Crippen MR) is 151 cm³/mol. The molecule has 4 aromatic rings. The number of ether oxygens (including phenoxy) is 3. The second-order valence-corrected chi connectivity index (χ2v) is 9.05. The van der Waals surface area contributed by atoms with Gasteiger partial charge in [0.15, 0.2) is 11.5 Å². The van der Waals surface area contributed by atoms with Crippen molar-refractivity contribution in [2.75, 3.05) is 14.1 Å². The first kappa shape index (κ1) is 30.0. The maximum absolute atomic E-state index is 15.7. The van der Waals surface area contributed by atoms with Crippen molar-refractivity contribution in [3.05, 3.63) is 101 Å². The van der Waals surface area contributed by atoms with Crippen molar-refractivity contribution >= 4 is 23.8 Å². The van der Waals surface area contributed by atoms with Gasteiger partial charge in [-0.25, -0.2) is 4.79 Å². The first-order valence-corrected chi connectivity index (χ1v) is 12.4. The molecule has 1 heterocycles. The predicted octanol–water partition coefficient (Wildman–Crippen LogP) is 5.53. The molecule has 0 aliphatic heterocycles. The van der Waals surface area contributed by atoms with E-state index in [1.807, 2.05) is 0 Å². The average molecular weight is 591 g/mol. The summed E-state index contributed by atoms with van der Waals surface area (Å²) in [6, 6.07) is 15.0. The zero-order chi connectivity index (χ0) is 31.3. The minimum Gasteiger partial charge on any atom is -0.504 e. The number of aromatic hydroxyl groups is 1. The van der Waals surface area contributed by atoms with E-state index in [9.17, 15) is 14.7 Å². The number of amides is 1. The quantitative estimate of drug-likeness (QED) is 0.105. The lowest BCUT2D eigenvalue weighted by molar-refractivity contribution is -0.131. The average Bonchev–Trinajstić information content (AvgIpc) is 2.97. The number of nitrogens with two attached hydrogens (primary N) is 1. The fourth-order valence-electron chi connectivity index (χ4n) is 3.57. The number of nitrogens with zero attached hydrogens (tertiary/aromatic N) is 2. The minimum absolute atomic E-state index is 0.0152. The Labute approximate surface area is 243 Å². The first-order chi connectivity index (χ1) is 20.4. The van der Waals surface area contributed by atoms with E-state index in [0.717, 1.165) is 18.2 Å². The Morgan fingerprint density at radius 3 is 2.21 bits per heavy atom. The normalized spacial score (nSPS) is 10.8. The largest absolute Gasteiger partial charge is 0.504 e. The fourth-order valence-corrected chi connectivity index (χ4v) is 3.57. The van der Waals surface area contributed by atoms with Crippen LogP contribution < -0.4 is 19.9 Å². The summed E-state index contributed by atoms with van der Waals surface area (Å²) in [7, 11) is 3.10. The van der Waals surface area contributed by atoms with Crippen LogP contribution in [0.4, 0.5) is 8.78 Å². The highest BCUT2D eigenvalue weighted by molar-refractivity contribution is 5.95. The van der Waals surface area contributed by atoms with Crippen molar-refractivity contribution in [3.63, 3.8) is 0 Å². The highest BCUT2D eigenvalue weighted by Gasteiger charge is 2.27. The van der Waals surface area contributed by atoms with Crippen LogP contribution in [0, 0.1) is 17.0 Å². The number of phenolic OH excluding ortho intramolecular Hbond substituents is 1. The van der Waals surface area contributed by atoms with Gasteiger partial charge in [0.1, 0.15) is 17.3 Å². The molecule has 0 saturated heterocycles. The number of nitrogens with one attached hydrogen (secondary N) is 1. The summed E-state index contributed by atoms with van der Waals surface area (Å²) in [5.74, 6) is -8.10. The molecule has 1 aromatic heterocycles. The van der Waals surface area contributed by atoms with Crippen LogP contribution in [0.2, 0.25) is 0 Å². The van der Waals surface area contributed by atoms with Gasteiger partial charge in [0.2, 0.25) is 17.4 Å². The Hall–Kier alpha value is -5.98. The summed E-state index contributed by atoms with van der Waals surface area (Å²) in [6.45, 7) is 0. The van der Waals surface area contributed by atoms with Gasteiger partial charge in [0.25, 0.3) is 17.7 Å². The lowest BCUT2D eigenvalue weighted by atomic mass is 10.2. The monoisotopic (exact) mass is 590 g/mol. The Bertz CT molecular complexity index is 1740. The third kappa shape index (κ3) is 7.21. The molecular formula is C30H24F2N4O7. The molecule has 0 atom stereocenters. The molecule has 0 radical (unpaired) electrons. The zero-order valence-electron chi connectivity index (χ0n) is 22.7. The van der Waals surface area contributed by atoms with Gasteiger partial charge in [0, 0.05) is 31.3 Å². The smallest absolute Gasteiger partial charge is 0.328 e. The zero-order valence-corrected chi connectivity index (χ0v) is 22.7. The second kappa shape index (κ2) is 12.7. The lowest BCUT2D eigenvalue weighted by Crippen LogP contribution is -2.21. The number of aliphatic carboxylic acids is 1. The topological polar surface area (TPSA) is 168 Å². The molecule has 13 heteroatoms. The molecule has 0 unspecified atom stereocenters. The Kier molecular flexibility index (Phi) is 8.84. The van der Waals surface area contributed by atoms with Crippen molar-refractivity contribution < 1.29 is 42.8 Å². The van der Waals surface area contributed by atoms with Crippen LogP contribution in [0.1, 0.15) is 21.5 Å². The summed E-state index contributed by atoms with van der Waals surface area (Å²) in [4.78, 5) is 28.3. The number of carbonyl (C=O) groups excluding carboxylic acids is 1. The van der Waals surface area contributed by atoms with E-state index in [-0.39, 0.29) is 40.1 Å². The van der Waals surface area contributed by atoms with Gasteiger partial charge >= 0.3 is 5.97 Å². The summed E-state index contributed by atoms with van der Waals surface area (Å²) in [5, 5.41) is 26.7. The van der Waals surface area contributed by atoms with E-state index in [0.29, 0.717) is 5.56 Å². The third-order valence-electron chi connectivity index (χ3n) is 5.67. The van der Waals surface area contributed by atoms with Crippen LogP contribution in [0.25, 0.3) is 6.08 Å². The van der Waals surface area contributed by atoms with Crippen molar-refractivity contribution in [2.45, 2.75) is 0 Å². The molecule has 0 aliphatic carbocycles. The van der Waals surface area contributed by atoms with E-state index in [4.69, 9.17) is 30.5 Å². The molecule has 0 bridgehead atoms. The van der Waals surface area contributed by atoms with E-state index in [1.165, 1.54) is 65.6 Å². The number of carboxylic acid groups (broad SMARTS) is 1. The number of nitrogen functional groups attached to an aromatic ring is 1. The molecular weight excluding hydrogens is 566 g/mol. The number of benzene rings is 3. The number of carbonyl (C=O) groups is 2. The van der Waals surface area contributed by atoms with Crippen molar-refractivity contribution in [1.29, 1.82) is 5.41 Å². The molecule has 220 valence electrons. The Morgan fingerprint density at radius 2 is 1.58 bits per heavy atom. The number of hydrogen-bond acceptors (Lipinski definition) is 8. The van der Waals surface area contributed by atoms with Crippen LogP contribution in [-0.4, -0.2) is 51.9 Å². The van der Waals surface area contributed by atoms with Gasteiger partial charge in [-0.1, -0.05) is 18.2 Å². The Morgan fingerprint density at radius 1 is 0.907 bits per heavy atom. The van der Waals surface area contributed by atoms with E-state index >= 15 is 8.78 Å². The van der Waals surface area contributed by atoms with Crippen LogP contribution in [-0.2, 0) is 4.79 Å². The van der Waals surface area contributed by atoms with E-state index < -0.39 is 40.9 Å². The number of pyridine rings is 1. The minimum atomic E-state index is -1.40. The Balaban J connectivity index is 1.78. The van der Waals surface area contributed by atoms with Gasteiger partial charge in [-0.15, -0.1) is 0 Å². The summed E-state index contributed by atoms with van der Waals surface area (Å²) in [5.41, 5.74) is 6.34. The van der Waals surface area contributed by atoms with Crippen LogP contribution >= 0.6 is 0 Å². The van der Waals surface area contributed by atoms with Gasteiger partial charge in [-0.2, -0.15) is 13.8 Å². The van der Waals surface area contributed by atoms with E-state index in [1.54, 1.807) is 14.1 Å². The third-order valence-corrected chi connectivity index (χ3v) is 5.67. The maximum atomic E-state index is 15.7. The molecule has 1 amide bonds. The SMILES string of the molecule is CN(C)C(=O)c1cccc(Oc2nc(Oc3cc(C(=N)N)ccc3O)c(F)c(Oc3ccc(C=CC(=O)O)cc3)c2F)c1. The maximum Gasteiger partial charge on any atom is 0.328 e. The van der Waals surface area contributed by atoms with Gasteiger partial charge in [-0.3, -0.25) is 10.2 Å². The number of phenols is 1. The highest BCUT2D eigenvalue weighted by atomic mass is 19.1. The summed E-state index contributed by atoms with van der Waals surface area (Å²) in [6.07, 6.45) is 2.23. The molecule has 3 aromatic carbocycles. The molecule has 11 nitrogen and oxygen atoms in total. The first-order valence-electron chi connectivity index (χ1n) is 12.4. The van der Waals surface area contributed by atoms with Crippen molar-refractivity contribution in [2.24, 2.45) is 5.73 Å². The molecule has 4 rings (SSSR count). The molecule has 43 heavy (non-hydrogen) atoms. The van der Waals surface area contributed by atoms with Crippen LogP contribution in [0.5, 0.6) is 40.5 Å². The number of aromatic nitrogens is 1. The molecule has 5 N–H and O–H groups in total. The number of rotatable bonds is 10. The molecule has 0 spiro atoms. The summed E-state index contributed by atoms with van der Waals surface area (Å²) < 4.78 is 47.9. The highest BCUT2D eigenvalue weighted by Crippen LogP contribution is 2.41. The van der Waals surface area contributed by atoms with Crippen LogP contribution in [0.15, 0.2) is 72.8 Å². The van der Waals surface area contributed by atoms with Crippen molar-refractivity contribution in [3.8, 4) is 40.5 Å². The number of carboxylic acids is 1. The standard InChI is InChI=1S/C30H24F2N4O7/c1-36(2)30(40)18-4-3-5-20(14-18)42-28-24(31)26(41-19-10-6-16(7-11-19)8-13-23(38)39)25(32)29(35-28)43-22-15-17(27(33)34)9-12-21(22)37/h3-15,37H,1-2H3,(H3,33,34)(H,38,39). The molecule has 0 aliphatic rings. The fraction of sp³-hybridized carbons (Fsp3) is 0.0667.